The Morgan fingerprint density at radius 3 is 2.53 bits per heavy atom. The first kappa shape index (κ1) is 40.1. The number of benzene rings is 1. The van der Waals surface area contributed by atoms with Gasteiger partial charge in [0.1, 0.15) is 35.2 Å². The first-order valence-corrected chi connectivity index (χ1v) is 20.6. The van der Waals surface area contributed by atoms with Gasteiger partial charge >= 0.3 is 6.03 Å². The standard InChI is InChI=1S/C39H54N6O9S/c1-23(2)53-32-20-31(27-15-16-30(52-7)24(3)33(27)41-32)54-26-19-29-34(46)42-39(36(48)43-55(50,51)38(4)17-18-38)21-25(39)13-11-9-8-10-12-14-28(35(47)45(29)22-26)40-37(49)44(5)6/h11,13,15-16,20,23,25-26,28-29H,8-10,12,14,17-19,21-22H2,1-7H3,(H,40,49)(H,42,46)(H,43,48)/b13-11-/t25?,26-,28+,29+,39-/m1/s1. The number of sulfonamides is 1. The summed E-state index contributed by atoms with van der Waals surface area (Å²) in [6.45, 7) is 7.25. The second-order valence-electron chi connectivity index (χ2n) is 16.0. The number of aromatic nitrogens is 1. The van der Waals surface area contributed by atoms with E-state index in [4.69, 9.17) is 19.2 Å². The number of carbonyl (C=O) groups is 4. The van der Waals surface area contributed by atoms with Crippen molar-refractivity contribution in [1.29, 1.82) is 0 Å². The number of nitrogens with one attached hydrogen (secondary N) is 3. The van der Waals surface area contributed by atoms with E-state index >= 15 is 0 Å². The molecule has 300 valence electrons. The molecule has 2 aliphatic carbocycles. The summed E-state index contributed by atoms with van der Waals surface area (Å²) in [4.78, 5) is 63.3. The van der Waals surface area contributed by atoms with Crippen molar-refractivity contribution in [3.63, 3.8) is 0 Å². The molecular formula is C39H54N6O9S. The number of rotatable bonds is 9. The highest BCUT2D eigenvalue weighted by Crippen LogP contribution is 2.47. The third-order valence-electron chi connectivity index (χ3n) is 11.2. The van der Waals surface area contributed by atoms with Gasteiger partial charge in [-0.15, -0.1) is 0 Å². The number of amides is 5. The molecule has 0 spiro atoms. The molecule has 16 heteroatoms. The maximum Gasteiger partial charge on any atom is 0.317 e. The predicted octanol–water partition coefficient (Wildman–Crippen LogP) is 3.72. The van der Waals surface area contributed by atoms with Gasteiger partial charge in [0.05, 0.1) is 30.0 Å². The van der Waals surface area contributed by atoms with E-state index in [0.717, 1.165) is 18.4 Å². The fraction of sp³-hybridized carbons (Fsp3) is 0.615. The van der Waals surface area contributed by atoms with Gasteiger partial charge in [0, 0.05) is 43.5 Å². The van der Waals surface area contributed by atoms with Crippen molar-refractivity contribution in [1.82, 2.24) is 30.1 Å². The molecule has 6 rings (SSSR count). The van der Waals surface area contributed by atoms with Crippen LogP contribution in [0.5, 0.6) is 17.4 Å². The van der Waals surface area contributed by atoms with Gasteiger partial charge in [-0.2, -0.15) is 0 Å². The molecule has 3 heterocycles. The van der Waals surface area contributed by atoms with Crippen molar-refractivity contribution in [3.05, 3.63) is 35.9 Å². The van der Waals surface area contributed by atoms with Crippen LogP contribution < -0.4 is 29.6 Å². The van der Waals surface area contributed by atoms with E-state index < -0.39 is 68.2 Å². The van der Waals surface area contributed by atoms with Crippen LogP contribution in [0, 0.1) is 12.8 Å². The van der Waals surface area contributed by atoms with Crippen molar-refractivity contribution in [3.8, 4) is 17.4 Å². The number of pyridine rings is 1. The highest BCUT2D eigenvalue weighted by atomic mass is 32.2. The molecule has 2 aromatic rings. The van der Waals surface area contributed by atoms with Crippen molar-refractivity contribution in [2.75, 3.05) is 27.7 Å². The van der Waals surface area contributed by atoms with Crippen LogP contribution in [0.3, 0.4) is 0 Å². The van der Waals surface area contributed by atoms with Gasteiger partial charge < -0.3 is 34.6 Å². The van der Waals surface area contributed by atoms with Gasteiger partial charge in [0.2, 0.25) is 27.7 Å². The number of hydrogen-bond acceptors (Lipinski definition) is 10. The molecule has 3 N–H and O–H groups in total. The Hall–Kier alpha value is -4.60. The summed E-state index contributed by atoms with van der Waals surface area (Å²) in [7, 11) is 0.762. The van der Waals surface area contributed by atoms with Crippen molar-refractivity contribution >= 4 is 44.7 Å². The van der Waals surface area contributed by atoms with Crippen molar-refractivity contribution in [2.45, 2.75) is 120 Å². The third kappa shape index (κ3) is 8.33. The molecule has 1 aromatic heterocycles. The predicted molar refractivity (Wildman–Crippen MR) is 205 cm³/mol. The number of ether oxygens (including phenoxy) is 3. The van der Waals surface area contributed by atoms with Crippen molar-refractivity contribution < 1.29 is 41.8 Å². The minimum Gasteiger partial charge on any atom is -0.496 e. The number of nitrogens with zero attached hydrogens (tertiary/aromatic N) is 3. The zero-order valence-corrected chi connectivity index (χ0v) is 33.6. The summed E-state index contributed by atoms with van der Waals surface area (Å²) in [6.07, 6.45) is 7.40. The number of aryl methyl sites for hydroxylation is 1. The lowest BCUT2D eigenvalue weighted by Gasteiger charge is -2.30. The Morgan fingerprint density at radius 1 is 1.11 bits per heavy atom. The quantitative estimate of drug-likeness (QED) is 0.317. The number of allylic oxidation sites excluding steroid dienone is 1. The van der Waals surface area contributed by atoms with Crippen LogP contribution in [0.15, 0.2) is 30.4 Å². The highest BCUT2D eigenvalue weighted by molar-refractivity contribution is 7.91. The number of urea groups is 1. The van der Waals surface area contributed by atoms with E-state index in [-0.39, 0.29) is 25.5 Å². The molecular weight excluding hydrogens is 729 g/mol. The molecule has 2 saturated carbocycles. The van der Waals surface area contributed by atoms with E-state index in [2.05, 4.69) is 15.4 Å². The molecule has 0 radical (unpaired) electrons. The average molecular weight is 783 g/mol. The van der Waals surface area contributed by atoms with Gasteiger partial charge in [-0.1, -0.05) is 25.0 Å². The molecule has 1 aromatic carbocycles. The first-order valence-electron chi connectivity index (χ1n) is 19.1. The van der Waals surface area contributed by atoms with Crippen LogP contribution in [0.4, 0.5) is 4.79 Å². The minimum absolute atomic E-state index is 0.000158. The molecule has 5 amide bonds. The van der Waals surface area contributed by atoms with Crippen LogP contribution in [-0.2, 0) is 24.4 Å². The van der Waals surface area contributed by atoms with Gasteiger partial charge in [-0.3, -0.25) is 19.1 Å². The molecule has 5 atom stereocenters. The lowest BCUT2D eigenvalue weighted by molar-refractivity contribution is -0.141. The van der Waals surface area contributed by atoms with Gasteiger partial charge in [0.25, 0.3) is 5.91 Å². The van der Waals surface area contributed by atoms with Crippen LogP contribution in [-0.4, -0.2) is 109 Å². The van der Waals surface area contributed by atoms with Gasteiger partial charge in [-0.25, -0.2) is 18.2 Å². The second-order valence-corrected chi connectivity index (χ2v) is 18.2. The summed E-state index contributed by atoms with van der Waals surface area (Å²) >= 11 is 0. The summed E-state index contributed by atoms with van der Waals surface area (Å²) in [5.74, 6) is -0.886. The maximum atomic E-state index is 14.5. The number of hydrogen-bond donors (Lipinski definition) is 3. The average Bonchev–Trinajstić information content (AvgIpc) is 4.00. The third-order valence-corrected chi connectivity index (χ3v) is 13.3. The lowest BCUT2D eigenvalue weighted by Crippen LogP contribution is -2.59. The molecule has 0 bridgehead atoms. The fourth-order valence-corrected chi connectivity index (χ4v) is 8.69. The Kier molecular flexibility index (Phi) is 11.3. The molecule has 2 aliphatic heterocycles. The molecule has 4 aliphatic rings. The molecule has 1 saturated heterocycles. The summed E-state index contributed by atoms with van der Waals surface area (Å²) in [5, 5.41) is 6.44. The highest BCUT2D eigenvalue weighted by Gasteiger charge is 2.63. The lowest BCUT2D eigenvalue weighted by atomic mass is 10.0. The largest absolute Gasteiger partial charge is 0.496 e. The van der Waals surface area contributed by atoms with E-state index in [1.165, 1.54) is 9.80 Å². The smallest absolute Gasteiger partial charge is 0.317 e. The number of carbonyl (C=O) groups excluding carboxylic acids is 4. The SMILES string of the molecule is COc1ccc2c(O[C@@H]3C[C@H]4C(=O)N[C@]5(C(=O)NS(=O)(=O)C6(C)CC6)CC5/C=C\CCCCC[C@H](NC(=O)N(C)C)C(=O)N4C3)cc(OC(C)C)nc2c1C. The topological polar surface area (TPSA) is 186 Å². The van der Waals surface area contributed by atoms with Crippen LogP contribution in [0.2, 0.25) is 0 Å². The van der Waals surface area contributed by atoms with E-state index in [0.29, 0.717) is 60.4 Å². The maximum absolute atomic E-state index is 14.5. The Morgan fingerprint density at radius 2 is 1.85 bits per heavy atom. The van der Waals surface area contributed by atoms with Gasteiger partial charge in [0.15, 0.2) is 0 Å². The Bertz CT molecular complexity index is 1980. The Labute approximate surface area is 322 Å². The van der Waals surface area contributed by atoms with E-state index in [9.17, 15) is 27.6 Å². The summed E-state index contributed by atoms with van der Waals surface area (Å²) < 4.78 is 45.8. The second kappa shape index (κ2) is 15.5. The Balaban J connectivity index is 1.35. The molecule has 15 nitrogen and oxygen atoms in total. The van der Waals surface area contributed by atoms with Crippen LogP contribution in [0.25, 0.3) is 10.9 Å². The molecule has 3 fully saturated rings. The number of fused-ring (bicyclic) bond motifs is 3. The zero-order chi connectivity index (χ0) is 39.9. The summed E-state index contributed by atoms with van der Waals surface area (Å²) in [6, 6.07) is 2.87. The normalized spacial score (nSPS) is 27.1. The van der Waals surface area contributed by atoms with E-state index in [1.54, 1.807) is 34.2 Å². The molecule has 55 heavy (non-hydrogen) atoms. The fourth-order valence-electron chi connectivity index (χ4n) is 7.38. The number of methoxy groups -OCH3 is 1. The van der Waals surface area contributed by atoms with Crippen molar-refractivity contribution in [2.24, 2.45) is 5.92 Å². The minimum atomic E-state index is -3.99. The van der Waals surface area contributed by atoms with Crippen LogP contribution in [0.1, 0.15) is 84.1 Å². The van der Waals surface area contributed by atoms with Crippen LogP contribution >= 0.6 is 0 Å². The molecule has 1 unspecified atom stereocenters. The summed E-state index contributed by atoms with van der Waals surface area (Å²) in [5.41, 5.74) is -0.128. The zero-order valence-electron chi connectivity index (χ0n) is 32.8. The van der Waals surface area contributed by atoms with E-state index in [1.807, 2.05) is 45.1 Å². The monoisotopic (exact) mass is 782 g/mol. The van der Waals surface area contributed by atoms with Gasteiger partial charge in [-0.05, 0) is 78.4 Å². The first-order chi connectivity index (χ1) is 26.0.